The summed E-state index contributed by atoms with van der Waals surface area (Å²) in [6.45, 7) is 1.09. The summed E-state index contributed by atoms with van der Waals surface area (Å²) in [6, 6.07) is 0. The van der Waals surface area contributed by atoms with E-state index in [1.807, 2.05) is 6.20 Å². The predicted octanol–water partition coefficient (Wildman–Crippen LogP) is 0.778. The third-order valence-corrected chi connectivity index (χ3v) is 1.23. The van der Waals surface area contributed by atoms with Crippen LogP contribution >= 0.6 is 0 Å². The molecule has 0 saturated heterocycles. The molecule has 2 nitrogen and oxygen atoms in total. The fraction of sp³-hybridized carbons (Fsp3) is 0.667. The lowest BCUT2D eigenvalue weighted by atomic mass is 10.2. The number of hydrazine groups is 1. The quantitative estimate of drug-likeness (QED) is 0.484. The molecule has 1 heterocycles. The van der Waals surface area contributed by atoms with Crippen molar-refractivity contribution < 1.29 is 0 Å². The lowest BCUT2D eigenvalue weighted by Crippen LogP contribution is -2.28. The Labute approximate surface area is 49.9 Å². The Morgan fingerprint density at radius 1 is 1.25 bits per heavy atom. The van der Waals surface area contributed by atoms with Crippen LogP contribution in [0.15, 0.2) is 12.3 Å². The molecule has 0 saturated carbocycles. The van der Waals surface area contributed by atoms with E-state index in [0.29, 0.717) is 0 Å². The maximum absolute atomic E-state index is 3.05. The number of allylic oxidation sites excluding steroid dienone is 1. The first-order valence-corrected chi connectivity index (χ1v) is 3.13. The second kappa shape index (κ2) is 3.50. The van der Waals surface area contributed by atoms with Gasteiger partial charge in [0.2, 0.25) is 0 Å². The van der Waals surface area contributed by atoms with E-state index in [4.69, 9.17) is 0 Å². The van der Waals surface area contributed by atoms with Gasteiger partial charge >= 0.3 is 0 Å². The predicted molar refractivity (Wildman–Crippen MR) is 34.1 cm³/mol. The van der Waals surface area contributed by atoms with E-state index < -0.39 is 0 Å². The van der Waals surface area contributed by atoms with Crippen LogP contribution in [0, 0.1) is 0 Å². The van der Waals surface area contributed by atoms with Crippen LogP contribution in [0.25, 0.3) is 0 Å². The summed E-state index contributed by atoms with van der Waals surface area (Å²) < 4.78 is 0. The molecular weight excluding hydrogens is 100 g/mol. The first kappa shape index (κ1) is 5.63. The summed E-state index contributed by atoms with van der Waals surface area (Å²) in [6.07, 6.45) is 7.91. The van der Waals surface area contributed by atoms with E-state index >= 15 is 0 Å². The van der Waals surface area contributed by atoms with Gasteiger partial charge in [-0.2, -0.15) is 0 Å². The maximum atomic E-state index is 3.05. The Kier molecular flexibility index (Phi) is 2.46. The summed E-state index contributed by atoms with van der Waals surface area (Å²) in [5.74, 6) is 0. The minimum absolute atomic E-state index is 1.09. The monoisotopic (exact) mass is 112 g/mol. The molecule has 0 fully saturated rings. The maximum Gasteiger partial charge on any atom is 0.0148 e. The molecule has 1 rings (SSSR count). The van der Waals surface area contributed by atoms with Crippen LogP contribution in [0.2, 0.25) is 0 Å². The highest BCUT2D eigenvalue weighted by Crippen LogP contribution is 1.95. The Bertz CT molecular complexity index is 68.6. The zero-order valence-electron chi connectivity index (χ0n) is 4.98. The van der Waals surface area contributed by atoms with E-state index in [1.165, 1.54) is 19.3 Å². The second-order valence-corrected chi connectivity index (χ2v) is 1.97. The lowest BCUT2D eigenvalue weighted by molar-refractivity contribution is 0.568. The Balaban J connectivity index is 2.17. The molecule has 0 atom stereocenters. The highest BCUT2D eigenvalue weighted by atomic mass is 15.3. The van der Waals surface area contributed by atoms with Crippen molar-refractivity contribution in [3.8, 4) is 0 Å². The van der Waals surface area contributed by atoms with Crippen molar-refractivity contribution in [2.45, 2.75) is 19.3 Å². The minimum Gasteiger partial charge on any atom is -0.329 e. The van der Waals surface area contributed by atoms with E-state index in [0.717, 1.165) is 6.54 Å². The second-order valence-electron chi connectivity index (χ2n) is 1.97. The van der Waals surface area contributed by atoms with Gasteiger partial charge in [-0.05, 0) is 19.3 Å². The average molecular weight is 112 g/mol. The third kappa shape index (κ3) is 1.98. The highest BCUT2D eigenvalue weighted by molar-refractivity contribution is 4.79. The normalized spacial score (nSPS) is 25.0. The molecule has 0 unspecified atom stereocenters. The topological polar surface area (TPSA) is 24.1 Å². The van der Waals surface area contributed by atoms with Crippen LogP contribution in [0.1, 0.15) is 19.3 Å². The van der Waals surface area contributed by atoms with Gasteiger partial charge in [-0.1, -0.05) is 6.08 Å². The number of nitrogens with one attached hydrogen (secondary N) is 2. The Morgan fingerprint density at radius 3 is 3.25 bits per heavy atom. The first-order valence-electron chi connectivity index (χ1n) is 3.13. The van der Waals surface area contributed by atoms with Gasteiger partial charge in [-0.3, -0.25) is 0 Å². The van der Waals surface area contributed by atoms with Gasteiger partial charge in [0, 0.05) is 12.7 Å². The average Bonchev–Trinajstić information content (AvgIpc) is 1.62. The van der Waals surface area contributed by atoms with Crippen molar-refractivity contribution in [2.24, 2.45) is 0 Å². The van der Waals surface area contributed by atoms with Gasteiger partial charge < -0.3 is 5.43 Å². The standard InChI is InChI=1S/C6H12N2/c1-2-4-6-8-7-5-3-1/h3,5,7-8H,1-2,4,6H2/b5-3-. The van der Waals surface area contributed by atoms with Crippen LogP contribution in [0.3, 0.4) is 0 Å². The third-order valence-electron chi connectivity index (χ3n) is 1.23. The highest BCUT2D eigenvalue weighted by Gasteiger charge is 1.87. The van der Waals surface area contributed by atoms with Crippen molar-refractivity contribution in [1.82, 2.24) is 10.9 Å². The van der Waals surface area contributed by atoms with Crippen molar-refractivity contribution in [1.29, 1.82) is 0 Å². The summed E-state index contributed by atoms with van der Waals surface area (Å²) >= 11 is 0. The van der Waals surface area contributed by atoms with Crippen LogP contribution in [0.4, 0.5) is 0 Å². The summed E-state index contributed by atoms with van der Waals surface area (Å²) in [4.78, 5) is 0. The molecule has 2 N–H and O–H groups in total. The van der Waals surface area contributed by atoms with Gasteiger partial charge in [0.05, 0.1) is 0 Å². The molecule has 0 bridgehead atoms. The first-order chi connectivity index (χ1) is 4.00. The molecule has 0 aromatic heterocycles. The van der Waals surface area contributed by atoms with Crippen LogP contribution in [0.5, 0.6) is 0 Å². The molecule has 1 aliphatic rings. The molecule has 0 aromatic rings. The summed E-state index contributed by atoms with van der Waals surface area (Å²) in [5, 5.41) is 0. The number of hydrogen-bond donors (Lipinski definition) is 2. The van der Waals surface area contributed by atoms with Crippen molar-refractivity contribution in [2.75, 3.05) is 6.54 Å². The molecule has 0 radical (unpaired) electrons. The molecule has 2 heteroatoms. The molecule has 46 valence electrons. The molecule has 0 amide bonds. The molecule has 0 spiro atoms. The van der Waals surface area contributed by atoms with Gasteiger partial charge in [0.25, 0.3) is 0 Å². The van der Waals surface area contributed by atoms with Gasteiger partial charge in [-0.25, -0.2) is 5.43 Å². The van der Waals surface area contributed by atoms with Crippen LogP contribution in [-0.4, -0.2) is 6.54 Å². The van der Waals surface area contributed by atoms with E-state index in [9.17, 15) is 0 Å². The number of rotatable bonds is 0. The fourth-order valence-electron chi connectivity index (χ4n) is 0.749. The largest absolute Gasteiger partial charge is 0.329 e. The van der Waals surface area contributed by atoms with Gasteiger partial charge in [-0.15, -0.1) is 0 Å². The smallest absolute Gasteiger partial charge is 0.0148 e. The van der Waals surface area contributed by atoms with Gasteiger partial charge in [0.15, 0.2) is 0 Å². The SMILES string of the molecule is C1=C\NNCCCC/1. The Hall–Kier alpha value is -0.500. The summed E-state index contributed by atoms with van der Waals surface area (Å²) in [7, 11) is 0. The molecular formula is C6H12N2. The lowest BCUT2D eigenvalue weighted by Gasteiger charge is -2.05. The van der Waals surface area contributed by atoms with Crippen LogP contribution in [-0.2, 0) is 0 Å². The fourth-order valence-corrected chi connectivity index (χ4v) is 0.749. The zero-order chi connectivity index (χ0) is 5.66. The molecule has 8 heavy (non-hydrogen) atoms. The zero-order valence-corrected chi connectivity index (χ0v) is 4.98. The van der Waals surface area contributed by atoms with E-state index in [-0.39, 0.29) is 0 Å². The molecule has 1 aliphatic heterocycles. The summed E-state index contributed by atoms with van der Waals surface area (Å²) in [5.41, 5.74) is 6.01. The van der Waals surface area contributed by atoms with E-state index in [1.54, 1.807) is 0 Å². The van der Waals surface area contributed by atoms with E-state index in [2.05, 4.69) is 16.9 Å². The van der Waals surface area contributed by atoms with Crippen molar-refractivity contribution in [3.63, 3.8) is 0 Å². The molecule has 0 aliphatic carbocycles. The van der Waals surface area contributed by atoms with Crippen molar-refractivity contribution in [3.05, 3.63) is 12.3 Å². The number of hydrogen-bond acceptors (Lipinski definition) is 2. The van der Waals surface area contributed by atoms with Crippen LogP contribution < -0.4 is 10.9 Å². The molecule has 0 aromatic carbocycles. The Morgan fingerprint density at radius 2 is 2.25 bits per heavy atom. The minimum atomic E-state index is 1.09. The van der Waals surface area contributed by atoms with Crippen molar-refractivity contribution >= 4 is 0 Å². The van der Waals surface area contributed by atoms with Gasteiger partial charge in [0.1, 0.15) is 0 Å².